The van der Waals surface area contributed by atoms with Crippen molar-refractivity contribution in [3.63, 3.8) is 0 Å². The average molecular weight is 323 g/mol. The molecular formula is C18H11BrO. The molecule has 0 saturated carbocycles. The van der Waals surface area contributed by atoms with E-state index in [-0.39, 0.29) is 5.75 Å². The molecule has 0 amide bonds. The number of fused-ring (bicyclic) bond motifs is 6. The maximum absolute atomic E-state index is 10.0. The van der Waals surface area contributed by atoms with Crippen molar-refractivity contribution in [2.24, 2.45) is 0 Å². The molecule has 0 radical (unpaired) electrons. The molecule has 96 valence electrons. The Labute approximate surface area is 124 Å². The summed E-state index contributed by atoms with van der Waals surface area (Å²) in [6, 6.07) is 20.6. The van der Waals surface area contributed by atoms with Crippen molar-refractivity contribution >= 4 is 48.2 Å². The van der Waals surface area contributed by atoms with Crippen LogP contribution in [0.4, 0.5) is 0 Å². The minimum Gasteiger partial charge on any atom is -0.507 e. The number of phenolic OH excluding ortho intramolecular Hbond substituents is 1. The van der Waals surface area contributed by atoms with E-state index in [0.29, 0.717) is 0 Å². The Morgan fingerprint density at radius 1 is 0.600 bits per heavy atom. The van der Waals surface area contributed by atoms with E-state index in [9.17, 15) is 5.11 Å². The Bertz CT molecular complexity index is 893. The molecule has 0 atom stereocenters. The third-order valence-electron chi connectivity index (χ3n) is 3.81. The van der Waals surface area contributed by atoms with E-state index in [1.807, 2.05) is 18.2 Å². The van der Waals surface area contributed by atoms with E-state index in [1.165, 1.54) is 21.5 Å². The minimum absolute atomic E-state index is 0.276. The maximum Gasteiger partial charge on any atom is 0.130 e. The van der Waals surface area contributed by atoms with Gasteiger partial charge in [0.15, 0.2) is 0 Å². The van der Waals surface area contributed by atoms with Gasteiger partial charge < -0.3 is 5.11 Å². The molecule has 0 aliphatic heterocycles. The van der Waals surface area contributed by atoms with Crippen LogP contribution in [-0.4, -0.2) is 5.11 Å². The first-order valence-electron chi connectivity index (χ1n) is 6.47. The summed E-state index contributed by atoms with van der Waals surface area (Å²) in [5.41, 5.74) is 0. The first kappa shape index (κ1) is 11.7. The quantitative estimate of drug-likeness (QED) is 0.417. The number of phenols is 1. The van der Waals surface area contributed by atoms with Crippen LogP contribution in [0, 0.1) is 0 Å². The van der Waals surface area contributed by atoms with E-state index in [0.717, 1.165) is 15.2 Å². The Morgan fingerprint density at radius 3 is 1.50 bits per heavy atom. The van der Waals surface area contributed by atoms with Gasteiger partial charge in [-0.1, -0.05) is 48.5 Å². The molecule has 0 saturated heterocycles. The molecular weight excluding hydrogens is 312 g/mol. The molecule has 0 aromatic heterocycles. The van der Waals surface area contributed by atoms with Crippen molar-refractivity contribution < 1.29 is 5.11 Å². The zero-order chi connectivity index (χ0) is 13.7. The fourth-order valence-electron chi connectivity index (χ4n) is 2.91. The number of rotatable bonds is 0. The summed E-state index contributed by atoms with van der Waals surface area (Å²) in [4.78, 5) is 0. The van der Waals surface area contributed by atoms with Crippen LogP contribution in [-0.2, 0) is 0 Å². The first-order valence-corrected chi connectivity index (χ1v) is 7.26. The van der Waals surface area contributed by atoms with Crippen molar-refractivity contribution in [1.82, 2.24) is 0 Å². The molecule has 0 heterocycles. The molecule has 4 aromatic carbocycles. The molecule has 4 rings (SSSR count). The highest BCUT2D eigenvalue weighted by atomic mass is 79.9. The van der Waals surface area contributed by atoms with Crippen LogP contribution in [0.25, 0.3) is 32.3 Å². The fourth-order valence-corrected chi connectivity index (χ4v) is 3.26. The van der Waals surface area contributed by atoms with Gasteiger partial charge in [-0.05, 0) is 60.4 Å². The van der Waals surface area contributed by atoms with Crippen LogP contribution in [0.2, 0.25) is 0 Å². The van der Waals surface area contributed by atoms with Gasteiger partial charge in [0, 0.05) is 0 Å². The molecule has 0 spiro atoms. The fraction of sp³-hybridized carbons (Fsp3) is 0. The normalized spacial score (nSPS) is 11.4. The van der Waals surface area contributed by atoms with Gasteiger partial charge in [0.25, 0.3) is 0 Å². The summed E-state index contributed by atoms with van der Waals surface area (Å²) in [6.45, 7) is 0. The predicted octanol–water partition coefficient (Wildman–Crippen LogP) is 5.61. The predicted molar refractivity (Wildman–Crippen MR) is 88.3 cm³/mol. The number of halogens is 1. The summed E-state index contributed by atoms with van der Waals surface area (Å²) < 4.78 is 0.727. The largest absolute Gasteiger partial charge is 0.507 e. The molecule has 2 heteroatoms. The van der Waals surface area contributed by atoms with E-state index < -0.39 is 0 Å². The van der Waals surface area contributed by atoms with Crippen LogP contribution in [0.5, 0.6) is 5.75 Å². The summed E-state index contributed by atoms with van der Waals surface area (Å²) in [5, 5.41) is 17.1. The lowest BCUT2D eigenvalue weighted by molar-refractivity contribution is 0.473. The van der Waals surface area contributed by atoms with Gasteiger partial charge in [-0.25, -0.2) is 0 Å². The lowest BCUT2D eigenvalue weighted by atomic mass is 9.94. The van der Waals surface area contributed by atoms with Crippen LogP contribution < -0.4 is 0 Å². The van der Waals surface area contributed by atoms with Gasteiger partial charge in [-0.2, -0.15) is 0 Å². The summed E-state index contributed by atoms with van der Waals surface area (Å²) in [6.07, 6.45) is 0. The highest BCUT2D eigenvalue weighted by Gasteiger charge is 2.10. The lowest BCUT2D eigenvalue weighted by Crippen LogP contribution is -1.83. The smallest absolute Gasteiger partial charge is 0.130 e. The lowest BCUT2D eigenvalue weighted by Gasteiger charge is -2.11. The number of benzene rings is 4. The van der Waals surface area contributed by atoms with Crippen molar-refractivity contribution in [3.8, 4) is 5.75 Å². The second-order valence-corrected chi connectivity index (χ2v) is 5.79. The molecule has 0 aliphatic carbocycles. The van der Waals surface area contributed by atoms with Crippen LogP contribution in [0.1, 0.15) is 0 Å². The summed E-state index contributed by atoms with van der Waals surface area (Å²) >= 11 is 3.42. The molecule has 0 fully saturated rings. The summed E-state index contributed by atoms with van der Waals surface area (Å²) in [5.74, 6) is 0.276. The van der Waals surface area contributed by atoms with E-state index in [1.54, 1.807) is 0 Å². The zero-order valence-corrected chi connectivity index (χ0v) is 12.2. The Morgan fingerprint density at radius 2 is 1.00 bits per heavy atom. The van der Waals surface area contributed by atoms with Gasteiger partial charge in [0.05, 0.1) is 4.47 Å². The molecule has 0 bridgehead atoms. The molecule has 0 unspecified atom stereocenters. The Balaban J connectivity index is 2.42. The zero-order valence-electron chi connectivity index (χ0n) is 10.6. The number of hydrogen-bond acceptors (Lipinski definition) is 1. The SMILES string of the molecule is Oc1cc2c3ccccc3c3ccccc3c2cc1Br. The minimum atomic E-state index is 0.276. The number of hydrogen-bond donors (Lipinski definition) is 1. The Kier molecular flexibility index (Phi) is 2.48. The molecule has 20 heavy (non-hydrogen) atoms. The summed E-state index contributed by atoms with van der Waals surface area (Å²) in [7, 11) is 0. The molecule has 0 aliphatic rings. The molecule has 1 N–H and O–H groups in total. The standard InChI is InChI=1S/C18H11BrO/c19-17-9-15-13-7-3-1-5-11(13)12-6-2-4-8-14(12)16(15)10-18(17)20/h1-10,20H. The Hall–Kier alpha value is -2.06. The first-order chi connectivity index (χ1) is 9.75. The topological polar surface area (TPSA) is 20.2 Å². The van der Waals surface area contributed by atoms with E-state index in [2.05, 4.69) is 58.4 Å². The number of aromatic hydroxyl groups is 1. The second-order valence-electron chi connectivity index (χ2n) is 4.94. The maximum atomic E-state index is 10.0. The van der Waals surface area contributed by atoms with Gasteiger partial charge in [-0.15, -0.1) is 0 Å². The highest BCUT2D eigenvalue weighted by Crippen LogP contribution is 2.39. The third kappa shape index (κ3) is 1.55. The van der Waals surface area contributed by atoms with Crippen LogP contribution in [0.3, 0.4) is 0 Å². The van der Waals surface area contributed by atoms with Gasteiger partial charge in [0.2, 0.25) is 0 Å². The monoisotopic (exact) mass is 322 g/mol. The van der Waals surface area contributed by atoms with Gasteiger partial charge >= 0.3 is 0 Å². The van der Waals surface area contributed by atoms with Crippen molar-refractivity contribution in [2.45, 2.75) is 0 Å². The van der Waals surface area contributed by atoms with E-state index >= 15 is 0 Å². The van der Waals surface area contributed by atoms with E-state index in [4.69, 9.17) is 0 Å². The van der Waals surface area contributed by atoms with Gasteiger partial charge in [-0.3, -0.25) is 0 Å². The average Bonchev–Trinajstić information content (AvgIpc) is 2.49. The second kappa shape index (κ2) is 4.22. The molecule has 1 nitrogen and oxygen atoms in total. The van der Waals surface area contributed by atoms with Crippen LogP contribution in [0.15, 0.2) is 65.1 Å². The van der Waals surface area contributed by atoms with Crippen molar-refractivity contribution in [3.05, 3.63) is 65.1 Å². The van der Waals surface area contributed by atoms with Gasteiger partial charge in [0.1, 0.15) is 5.75 Å². The highest BCUT2D eigenvalue weighted by molar-refractivity contribution is 9.10. The van der Waals surface area contributed by atoms with Crippen molar-refractivity contribution in [1.29, 1.82) is 0 Å². The van der Waals surface area contributed by atoms with Crippen molar-refractivity contribution in [2.75, 3.05) is 0 Å². The molecule has 4 aromatic rings. The third-order valence-corrected chi connectivity index (χ3v) is 4.45. The van der Waals surface area contributed by atoms with Crippen LogP contribution >= 0.6 is 15.9 Å².